The van der Waals surface area contributed by atoms with Crippen LogP contribution in [-0.2, 0) is 11.3 Å². The molecule has 0 saturated carbocycles. The van der Waals surface area contributed by atoms with Gasteiger partial charge in [0.15, 0.2) is 11.0 Å². The Labute approximate surface area is 177 Å². The highest BCUT2D eigenvalue weighted by Crippen LogP contribution is 2.26. The van der Waals surface area contributed by atoms with Crippen molar-refractivity contribution in [1.29, 1.82) is 0 Å². The number of rotatable bonds is 8. The monoisotopic (exact) mass is 429 g/mol. The minimum Gasteiger partial charge on any atom is -0.378 e. The van der Waals surface area contributed by atoms with E-state index in [1.807, 2.05) is 47.8 Å². The maximum Gasteiger partial charge on any atom is 0.234 e. The zero-order chi connectivity index (χ0) is 21.7. The molecular formula is C21H21F2N5OS. The molecule has 0 fully saturated rings. The van der Waals surface area contributed by atoms with Gasteiger partial charge in [0, 0.05) is 38.0 Å². The molecule has 30 heavy (non-hydrogen) atoms. The number of hydrogen-bond acceptors (Lipinski definition) is 5. The Balaban J connectivity index is 1.73. The summed E-state index contributed by atoms with van der Waals surface area (Å²) in [7, 11) is 3.93. The van der Waals surface area contributed by atoms with Gasteiger partial charge in [-0.1, -0.05) is 17.8 Å². The molecule has 0 saturated heterocycles. The minimum absolute atomic E-state index is 0.00827. The number of allylic oxidation sites excluding steroid dienone is 1. The van der Waals surface area contributed by atoms with Crippen LogP contribution in [0.25, 0.3) is 11.4 Å². The zero-order valence-corrected chi connectivity index (χ0v) is 17.4. The smallest absolute Gasteiger partial charge is 0.234 e. The third-order valence-electron chi connectivity index (χ3n) is 4.21. The van der Waals surface area contributed by atoms with E-state index in [2.05, 4.69) is 22.1 Å². The van der Waals surface area contributed by atoms with Gasteiger partial charge >= 0.3 is 0 Å². The van der Waals surface area contributed by atoms with E-state index in [9.17, 15) is 13.6 Å². The van der Waals surface area contributed by atoms with Crippen LogP contribution in [0.4, 0.5) is 20.2 Å². The van der Waals surface area contributed by atoms with Crippen molar-refractivity contribution in [3.05, 3.63) is 66.8 Å². The van der Waals surface area contributed by atoms with Crippen molar-refractivity contribution >= 4 is 29.0 Å². The summed E-state index contributed by atoms with van der Waals surface area (Å²) in [6.07, 6.45) is 1.72. The minimum atomic E-state index is -0.827. The van der Waals surface area contributed by atoms with Crippen molar-refractivity contribution in [3.63, 3.8) is 0 Å². The van der Waals surface area contributed by atoms with Gasteiger partial charge in [-0.2, -0.15) is 0 Å². The Morgan fingerprint density at radius 2 is 1.93 bits per heavy atom. The standard InChI is InChI=1S/C21H21F2N5OS/c1-4-11-28-20(14-5-8-16(9-6-14)27(2)3)25-26-21(28)30-13-19(29)24-18-10-7-15(22)12-17(18)23/h4-10,12H,1,11,13H2,2-3H3,(H,24,29). The zero-order valence-electron chi connectivity index (χ0n) is 16.6. The Kier molecular flexibility index (Phi) is 6.83. The average Bonchev–Trinajstić information content (AvgIpc) is 3.11. The van der Waals surface area contributed by atoms with Crippen molar-refractivity contribution in [2.24, 2.45) is 0 Å². The Morgan fingerprint density at radius 3 is 2.57 bits per heavy atom. The summed E-state index contributed by atoms with van der Waals surface area (Å²) in [5.74, 6) is -1.32. The van der Waals surface area contributed by atoms with Gasteiger partial charge in [-0.25, -0.2) is 8.78 Å². The van der Waals surface area contributed by atoms with E-state index in [0.29, 0.717) is 17.5 Å². The molecule has 0 radical (unpaired) electrons. The molecule has 6 nitrogen and oxygen atoms in total. The second-order valence-electron chi connectivity index (χ2n) is 6.61. The lowest BCUT2D eigenvalue weighted by atomic mass is 10.2. The molecule has 1 N–H and O–H groups in total. The van der Waals surface area contributed by atoms with E-state index < -0.39 is 17.5 Å². The fraction of sp³-hybridized carbons (Fsp3) is 0.190. The number of carbonyl (C=O) groups excluding carboxylic acids is 1. The number of thioether (sulfide) groups is 1. The number of benzene rings is 2. The van der Waals surface area contributed by atoms with Crippen LogP contribution in [0.1, 0.15) is 0 Å². The lowest BCUT2D eigenvalue weighted by Crippen LogP contribution is -2.15. The molecule has 0 aliphatic heterocycles. The highest BCUT2D eigenvalue weighted by molar-refractivity contribution is 7.99. The molecular weight excluding hydrogens is 408 g/mol. The number of nitrogens with zero attached hydrogens (tertiary/aromatic N) is 4. The summed E-state index contributed by atoms with van der Waals surface area (Å²) in [6, 6.07) is 10.9. The summed E-state index contributed by atoms with van der Waals surface area (Å²) in [5.41, 5.74) is 1.88. The van der Waals surface area contributed by atoms with E-state index in [0.717, 1.165) is 23.4 Å². The van der Waals surface area contributed by atoms with Crippen molar-refractivity contribution in [2.75, 3.05) is 30.1 Å². The van der Waals surface area contributed by atoms with E-state index in [-0.39, 0.29) is 11.4 Å². The van der Waals surface area contributed by atoms with Crippen molar-refractivity contribution in [1.82, 2.24) is 14.8 Å². The van der Waals surface area contributed by atoms with E-state index >= 15 is 0 Å². The molecule has 0 spiro atoms. The number of carbonyl (C=O) groups is 1. The number of nitrogens with one attached hydrogen (secondary N) is 1. The summed E-state index contributed by atoms with van der Waals surface area (Å²) in [6.45, 7) is 4.24. The predicted molar refractivity (Wildman–Crippen MR) is 116 cm³/mol. The van der Waals surface area contributed by atoms with Gasteiger partial charge < -0.3 is 10.2 Å². The van der Waals surface area contributed by atoms with E-state index in [1.54, 1.807) is 6.08 Å². The quantitative estimate of drug-likeness (QED) is 0.429. The van der Waals surface area contributed by atoms with Crippen LogP contribution in [0.2, 0.25) is 0 Å². The first-order valence-corrected chi connectivity index (χ1v) is 10.1. The summed E-state index contributed by atoms with van der Waals surface area (Å²) >= 11 is 1.17. The van der Waals surface area contributed by atoms with Crippen molar-refractivity contribution in [3.8, 4) is 11.4 Å². The molecule has 0 bridgehead atoms. The van der Waals surface area contributed by atoms with Crippen LogP contribution in [0.5, 0.6) is 0 Å². The van der Waals surface area contributed by atoms with Gasteiger partial charge in [0.2, 0.25) is 5.91 Å². The van der Waals surface area contributed by atoms with Gasteiger partial charge in [0.05, 0.1) is 11.4 Å². The molecule has 1 aromatic heterocycles. The normalized spacial score (nSPS) is 10.7. The molecule has 0 aliphatic rings. The summed E-state index contributed by atoms with van der Waals surface area (Å²) in [4.78, 5) is 14.2. The molecule has 3 rings (SSSR count). The van der Waals surface area contributed by atoms with Crippen LogP contribution >= 0.6 is 11.8 Å². The topological polar surface area (TPSA) is 63.1 Å². The maximum absolute atomic E-state index is 13.7. The fourth-order valence-electron chi connectivity index (χ4n) is 2.72. The first-order valence-electron chi connectivity index (χ1n) is 9.08. The maximum atomic E-state index is 13.7. The van der Waals surface area contributed by atoms with Gasteiger partial charge in [0.1, 0.15) is 11.6 Å². The lowest BCUT2D eigenvalue weighted by Gasteiger charge is -2.13. The molecule has 9 heteroatoms. The Hall–Kier alpha value is -3.20. The summed E-state index contributed by atoms with van der Waals surface area (Å²) in [5, 5.41) is 11.4. The molecule has 1 heterocycles. The largest absolute Gasteiger partial charge is 0.378 e. The van der Waals surface area contributed by atoms with Crippen molar-refractivity contribution in [2.45, 2.75) is 11.7 Å². The van der Waals surface area contributed by atoms with E-state index in [4.69, 9.17) is 0 Å². The molecule has 3 aromatic rings. The van der Waals surface area contributed by atoms with Crippen LogP contribution in [0.15, 0.2) is 60.3 Å². The van der Waals surface area contributed by atoms with Crippen LogP contribution in [0, 0.1) is 11.6 Å². The number of amides is 1. The van der Waals surface area contributed by atoms with Gasteiger partial charge in [0.25, 0.3) is 0 Å². The molecule has 0 aliphatic carbocycles. The summed E-state index contributed by atoms with van der Waals surface area (Å²) < 4.78 is 28.6. The Bertz CT molecular complexity index is 1050. The second kappa shape index (κ2) is 9.53. The van der Waals surface area contributed by atoms with Gasteiger partial charge in [-0.3, -0.25) is 9.36 Å². The highest BCUT2D eigenvalue weighted by atomic mass is 32.2. The average molecular weight is 429 g/mol. The van der Waals surface area contributed by atoms with Crippen LogP contribution in [0.3, 0.4) is 0 Å². The third kappa shape index (κ3) is 5.04. The van der Waals surface area contributed by atoms with Gasteiger partial charge in [-0.05, 0) is 36.4 Å². The number of hydrogen-bond donors (Lipinski definition) is 1. The first-order chi connectivity index (χ1) is 14.4. The third-order valence-corrected chi connectivity index (χ3v) is 5.17. The first kappa shape index (κ1) is 21.5. The second-order valence-corrected chi connectivity index (χ2v) is 7.55. The number of aromatic nitrogens is 3. The molecule has 156 valence electrons. The Morgan fingerprint density at radius 1 is 1.20 bits per heavy atom. The lowest BCUT2D eigenvalue weighted by molar-refractivity contribution is -0.113. The van der Waals surface area contributed by atoms with Crippen LogP contribution in [-0.4, -0.2) is 40.5 Å². The number of anilines is 2. The molecule has 0 unspecified atom stereocenters. The molecule has 0 atom stereocenters. The van der Waals surface area contributed by atoms with E-state index in [1.165, 1.54) is 17.8 Å². The fourth-order valence-corrected chi connectivity index (χ4v) is 3.47. The molecule has 1 amide bonds. The SMILES string of the molecule is C=CCn1c(SCC(=O)Nc2ccc(F)cc2F)nnc1-c1ccc(N(C)C)cc1. The molecule has 2 aromatic carbocycles. The van der Waals surface area contributed by atoms with Crippen molar-refractivity contribution < 1.29 is 13.6 Å². The predicted octanol–water partition coefficient (Wildman–Crippen LogP) is 4.21. The highest BCUT2D eigenvalue weighted by Gasteiger charge is 2.16. The van der Waals surface area contributed by atoms with Crippen LogP contribution < -0.4 is 10.2 Å². The number of halogens is 2. The van der Waals surface area contributed by atoms with Gasteiger partial charge in [-0.15, -0.1) is 16.8 Å².